The number of carboxylic acid groups (broad SMARTS) is 1. The van der Waals surface area contributed by atoms with Gasteiger partial charge in [0.1, 0.15) is 11.9 Å². The van der Waals surface area contributed by atoms with Crippen LogP contribution in [0.1, 0.15) is 49.2 Å². The quantitative estimate of drug-likeness (QED) is 0.901. The maximum atomic E-state index is 13.6. The molecule has 3 rings (SSSR count). The standard InChI is InChI=1S/C19H19FN4O2/c20-15-6-4-5-14(11-15)13-24(18(25)26)19(8-2-1-3-9-19)16-7-10-22-17(12-21)23-16/h4-7,10-11H,1-3,8-9,13H2,(H,25,26). The number of hydrogen-bond donors (Lipinski definition) is 1. The Hall–Kier alpha value is -3.01. The Kier molecular flexibility index (Phi) is 5.12. The van der Waals surface area contributed by atoms with Gasteiger partial charge in [-0.15, -0.1) is 0 Å². The van der Waals surface area contributed by atoms with Crippen LogP contribution >= 0.6 is 0 Å². The summed E-state index contributed by atoms with van der Waals surface area (Å²) in [5.41, 5.74) is 0.264. The predicted molar refractivity (Wildman–Crippen MR) is 91.5 cm³/mol. The second kappa shape index (κ2) is 7.48. The van der Waals surface area contributed by atoms with Gasteiger partial charge in [0.25, 0.3) is 0 Å². The molecule has 2 aromatic rings. The van der Waals surface area contributed by atoms with Gasteiger partial charge in [-0.25, -0.2) is 19.2 Å². The molecule has 1 fully saturated rings. The Bertz CT molecular complexity index is 843. The van der Waals surface area contributed by atoms with Crippen molar-refractivity contribution in [1.29, 1.82) is 5.26 Å². The van der Waals surface area contributed by atoms with Gasteiger partial charge in [-0.05, 0) is 36.6 Å². The van der Waals surface area contributed by atoms with Gasteiger partial charge in [0.2, 0.25) is 5.82 Å². The summed E-state index contributed by atoms with van der Waals surface area (Å²) < 4.78 is 13.6. The van der Waals surface area contributed by atoms with Crippen molar-refractivity contribution in [3.05, 3.63) is 59.4 Å². The molecule has 1 aromatic carbocycles. The normalized spacial score (nSPS) is 15.8. The number of nitriles is 1. The van der Waals surface area contributed by atoms with Gasteiger partial charge in [-0.2, -0.15) is 5.26 Å². The Morgan fingerprint density at radius 1 is 1.31 bits per heavy atom. The van der Waals surface area contributed by atoms with Crippen molar-refractivity contribution in [2.45, 2.75) is 44.2 Å². The molecule has 0 saturated heterocycles. The first-order chi connectivity index (χ1) is 12.5. The van der Waals surface area contributed by atoms with Gasteiger partial charge >= 0.3 is 6.09 Å². The van der Waals surface area contributed by atoms with Crippen LogP contribution in [-0.4, -0.2) is 26.1 Å². The first-order valence-corrected chi connectivity index (χ1v) is 8.54. The summed E-state index contributed by atoms with van der Waals surface area (Å²) in [6, 6.07) is 9.52. The third-order valence-electron chi connectivity index (χ3n) is 4.89. The summed E-state index contributed by atoms with van der Waals surface area (Å²) in [5.74, 6) is -0.386. The fraction of sp³-hybridized carbons (Fsp3) is 0.368. The molecular formula is C19H19FN4O2. The van der Waals surface area contributed by atoms with E-state index in [0.29, 0.717) is 24.1 Å². The van der Waals surface area contributed by atoms with Crippen molar-refractivity contribution in [3.8, 4) is 6.07 Å². The van der Waals surface area contributed by atoms with Crippen molar-refractivity contribution < 1.29 is 14.3 Å². The molecular weight excluding hydrogens is 335 g/mol. The lowest BCUT2D eigenvalue weighted by molar-refractivity contribution is 0.0383. The smallest absolute Gasteiger partial charge is 0.408 e. The Labute approximate surface area is 150 Å². The zero-order chi connectivity index (χ0) is 18.6. The van der Waals surface area contributed by atoms with Gasteiger partial charge in [0.15, 0.2) is 0 Å². The van der Waals surface area contributed by atoms with E-state index in [2.05, 4.69) is 9.97 Å². The average molecular weight is 354 g/mol. The molecule has 6 nitrogen and oxygen atoms in total. The van der Waals surface area contributed by atoms with Gasteiger partial charge in [-0.1, -0.05) is 31.4 Å². The summed E-state index contributed by atoms with van der Waals surface area (Å²) in [6.07, 6.45) is 4.35. The minimum absolute atomic E-state index is 0.0172. The molecule has 134 valence electrons. The summed E-state index contributed by atoms with van der Waals surface area (Å²) in [4.78, 5) is 21.7. The van der Waals surface area contributed by atoms with E-state index in [4.69, 9.17) is 5.26 Å². The van der Waals surface area contributed by atoms with E-state index in [1.807, 2.05) is 6.07 Å². The molecule has 1 aliphatic carbocycles. The van der Waals surface area contributed by atoms with Crippen LogP contribution < -0.4 is 0 Å². The van der Waals surface area contributed by atoms with Crippen LogP contribution in [0.3, 0.4) is 0 Å². The molecule has 0 unspecified atom stereocenters. The molecule has 7 heteroatoms. The highest BCUT2D eigenvalue weighted by Crippen LogP contribution is 2.42. The van der Waals surface area contributed by atoms with Crippen molar-refractivity contribution in [2.75, 3.05) is 0 Å². The van der Waals surface area contributed by atoms with Crippen LogP contribution in [0.2, 0.25) is 0 Å². The maximum absolute atomic E-state index is 13.6. The number of halogens is 1. The lowest BCUT2D eigenvalue weighted by Crippen LogP contribution is -2.50. The number of benzene rings is 1. The minimum atomic E-state index is -1.09. The summed E-state index contributed by atoms with van der Waals surface area (Å²) >= 11 is 0. The highest BCUT2D eigenvalue weighted by atomic mass is 19.1. The van der Waals surface area contributed by atoms with Crippen LogP contribution in [0, 0.1) is 17.1 Å². The number of rotatable bonds is 4. The molecule has 0 spiro atoms. The van der Waals surface area contributed by atoms with E-state index >= 15 is 0 Å². The second-order valence-electron chi connectivity index (χ2n) is 6.47. The van der Waals surface area contributed by atoms with Crippen LogP contribution in [0.25, 0.3) is 0 Å². The largest absolute Gasteiger partial charge is 0.465 e. The van der Waals surface area contributed by atoms with Gasteiger partial charge in [0.05, 0.1) is 17.8 Å². The molecule has 1 heterocycles. The third-order valence-corrected chi connectivity index (χ3v) is 4.89. The molecule has 1 aromatic heterocycles. The Morgan fingerprint density at radius 3 is 2.73 bits per heavy atom. The van der Waals surface area contributed by atoms with Gasteiger partial charge in [0, 0.05) is 6.20 Å². The van der Waals surface area contributed by atoms with E-state index in [0.717, 1.165) is 19.3 Å². The molecule has 0 atom stereocenters. The van der Waals surface area contributed by atoms with E-state index < -0.39 is 17.4 Å². The second-order valence-corrected chi connectivity index (χ2v) is 6.47. The molecule has 1 saturated carbocycles. The highest BCUT2D eigenvalue weighted by molar-refractivity contribution is 5.66. The lowest BCUT2D eigenvalue weighted by atomic mass is 9.77. The number of nitrogens with zero attached hydrogens (tertiary/aromatic N) is 4. The van der Waals surface area contributed by atoms with E-state index in [-0.39, 0.29) is 12.4 Å². The van der Waals surface area contributed by atoms with E-state index in [1.165, 1.54) is 23.2 Å². The Balaban J connectivity index is 2.05. The topological polar surface area (TPSA) is 90.1 Å². The first-order valence-electron chi connectivity index (χ1n) is 8.54. The zero-order valence-electron chi connectivity index (χ0n) is 14.2. The molecule has 0 bridgehead atoms. The SMILES string of the molecule is N#Cc1nccc(C2(N(Cc3cccc(F)c3)C(=O)O)CCCCC2)n1. The van der Waals surface area contributed by atoms with Crippen molar-refractivity contribution in [2.24, 2.45) is 0 Å². The van der Waals surface area contributed by atoms with Crippen LogP contribution in [0.15, 0.2) is 36.5 Å². The molecule has 0 radical (unpaired) electrons. The summed E-state index contributed by atoms with van der Waals surface area (Å²) in [7, 11) is 0. The maximum Gasteiger partial charge on any atom is 0.408 e. The molecule has 1 N–H and O–H groups in total. The van der Waals surface area contributed by atoms with Gasteiger partial charge in [-0.3, -0.25) is 4.90 Å². The molecule has 1 amide bonds. The number of hydrogen-bond acceptors (Lipinski definition) is 4. The number of carbonyl (C=O) groups is 1. The predicted octanol–water partition coefficient (Wildman–Crippen LogP) is 3.83. The number of aromatic nitrogens is 2. The average Bonchev–Trinajstić information content (AvgIpc) is 2.66. The highest BCUT2D eigenvalue weighted by Gasteiger charge is 2.43. The third kappa shape index (κ3) is 3.49. The fourth-order valence-electron chi connectivity index (χ4n) is 3.69. The van der Waals surface area contributed by atoms with Crippen molar-refractivity contribution in [3.63, 3.8) is 0 Å². The molecule has 0 aliphatic heterocycles. The van der Waals surface area contributed by atoms with Crippen LogP contribution in [-0.2, 0) is 12.1 Å². The van der Waals surface area contributed by atoms with Crippen LogP contribution in [0.4, 0.5) is 9.18 Å². The molecule has 26 heavy (non-hydrogen) atoms. The number of amides is 1. The van der Waals surface area contributed by atoms with E-state index in [9.17, 15) is 14.3 Å². The lowest BCUT2D eigenvalue weighted by Gasteiger charge is -2.44. The first kappa shape index (κ1) is 17.8. The zero-order valence-corrected chi connectivity index (χ0v) is 14.2. The summed E-state index contributed by atoms with van der Waals surface area (Å²) in [6.45, 7) is 0.0545. The van der Waals surface area contributed by atoms with E-state index in [1.54, 1.807) is 18.2 Å². The Morgan fingerprint density at radius 2 is 2.08 bits per heavy atom. The van der Waals surface area contributed by atoms with Crippen LogP contribution in [0.5, 0.6) is 0 Å². The van der Waals surface area contributed by atoms with Crippen molar-refractivity contribution >= 4 is 6.09 Å². The van der Waals surface area contributed by atoms with Gasteiger partial charge < -0.3 is 5.11 Å². The monoisotopic (exact) mass is 354 g/mol. The fourth-order valence-corrected chi connectivity index (χ4v) is 3.69. The molecule has 1 aliphatic rings. The summed E-state index contributed by atoms with van der Waals surface area (Å²) in [5, 5.41) is 19.0. The van der Waals surface area contributed by atoms with Crippen molar-refractivity contribution in [1.82, 2.24) is 14.9 Å². The minimum Gasteiger partial charge on any atom is -0.465 e.